The van der Waals surface area contributed by atoms with Gasteiger partial charge in [0, 0.05) is 6.54 Å². The molecular weight excluding hydrogens is 278 g/mol. The molecule has 7 heteroatoms. The zero-order valence-electron chi connectivity index (χ0n) is 13.2. The molecule has 0 bridgehead atoms. The Morgan fingerprint density at radius 2 is 1.57 bits per heavy atom. The van der Waals surface area contributed by atoms with Gasteiger partial charge in [0.2, 0.25) is 0 Å². The molecular formula is C14H23NO6. The van der Waals surface area contributed by atoms with E-state index in [9.17, 15) is 14.4 Å². The molecule has 0 aromatic carbocycles. The zero-order valence-corrected chi connectivity index (χ0v) is 13.2. The van der Waals surface area contributed by atoms with Gasteiger partial charge in [-0.05, 0) is 33.6 Å². The van der Waals surface area contributed by atoms with E-state index in [2.05, 4.69) is 0 Å². The van der Waals surface area contributed by atoms with Crippen molar-refractivity contribution in [1.29, 1.82) is 0 Å². The van der Waals surface area contributed by atoms with Gasteiger partial charge in [-0.3, -0.25) is 9.59 Å². The number of ether oxygens (including phenoxy) is 3. The van der Waals surface area contributed by atoms with Gasteiger partial charge < -0.3 is 19.1 Å². The molecule has 1 heterocycles. The van der Waals surface area contributed by atoms with Crippen LogP contribution in [0.2, 0.25) is 0 Å². The quantitative estimate of drug-likeness (QED) is 0.435. The average Bonchev–Trinajstić information content (AvgIpc) is 2.43. The lowest BCUT2D eigenvalue weighted by molar-refractivity contribution is -0.173. The van der Waals surface area contributed by atoms with Crippen LogP contribution in [-0.2, 0) is 23.8 Å². The van der Waals surface area contributed by atoms with Gasteiger partial charge in [0.25, 0.3) is 0 Å². The lowest BCUT2D eigenvalue weighted by Crippen LogP contribution is -2.55. The largest absolute Gasteiger partial charge is 0.468 e. The maximum atomic E-state index is 12.1. The number of rotatable bonds is 2. The fraction of sp³-hybridized carbons (Fsp3) is 0.786. The van der Waals surface area contributed by atoms with Crippen LogP contribution in [0.3, 0.4) is 0 Å². The maximum absolute atomic E-state index is 12.1. The van der Waals surface area contributed by atoms with E-state index >= 15 is 0 Å². The number of amides is 1. The predicted molar refractivity (Wildman–Crippen MR) is 73.5 cm³/mol. The van der Waals surface area contributed by atoms with Gasteiger partial charge in [0.05, 0.1) is 20.8 Å². The number of hydrogen-bond acceptors (Lipinski definition) is 6. The second-order valence-electron chi connectivity index (χ2n) is 6.07. The Morgan fingerprint density at radius 1 is 1.05 bits per heavy atom. The Kier molecular flexibility index (Phi) is 5.20. The molecule has 0 spiro atoms. The van der Waals surface area contributed by atoms with E-state index in [0.29, 0.717) is 13.0 Å². The summed E-state index contributed by atoms with van der Waals surface area (Å²) in [6.45, 7) is 5.58. The molecule has 0 atom stereocenters. The summed E-state index contributed by atoms with van der Waals surface area (Å²) in [5, 5.41) is 0. The number of likely N-dealkylation sites (tertiary alicyclic amines) is 1. The molecule has 0 radical (unpaired) electrons. The first-order valence-electron chi connectivity index (χ1n) is 6.81. The van der Waals surface area contributed by atoms with Gasteiger partial charge in [0.15, 0.2) is 5.41 Å². The monoisotopic (exact) mass is 301 g/mol. The van der Waals surface area contributed by atoms with Crippen LogP contribution in [0.5, 0.6) is 0 Å². The predicted octanol–water partition coefficient (Wildman–Crippen LogP) is 1.35. The van der Waals surface area contributed by atoms with Crippen LogP contribution in [0.4, 0.5) is 4.79 Å². The molecule has 0 unspecified atom stereocenters. The summed E-state index contributed by atoms with van der Waals surface area (Å²) in [4.78, 5) is 37.6. The van der Waals surface area contributed by atoms with Crippen molar-refractivity contribution in [3.8, 4) is 0 Å². The number of carbonyl (C=O) groups is 3. The summed E-state index contributed by atoms with van der Waals surface area (Å²) < 4.78 is 14.7. The summed E-state index contributed by atoms with van der Waals surface area (Å²) in [7, 11) is 2.42. The van der Waals surface area contributed by atoms with Crippen LogP contribution in [0.15, 0.2) is 0 Å². The molecule has 1 rings (SSSR count). The zero-order chi connectivity index (χ0) is 16.3. The van der Waals surface area contributed by atoms with Gasteiger partial charge >= 0.3 is 18.0 Å². The maximum Gasteiger partial charge on any atom is 0.410 e. The minimum Gasteiger partial charge on any atom is -0.468 e. The summed E-state index contributed by atoms with van der Waals surface area (Å²) in [6, 6.07) is 0. The number of carbonyl (C=O) groups excluding carboxylic acids is 3. The lowest BCUT2D eigenvalue weighted by Gasteiger charge is -2.38. The Hall–Kier alpha value is -1.79. The number of piperidine rings is 1. The lowest BCUT2D eigenvalue weighted by atomic mass is 9.80. The van der Waals surface area contributed by atoms with E-state index in [1.807, 2.05) is 0 Å². The Labute approximate surface area is 124 Å². The number of methoxy groups -OCH3 is 2. The van der Waals surface area contributed by atoms with Crippen LogP contribution in [0.25, 0.3) is 0 Å². The van der Waals surface area contributed by atoms with E-state index in [1.54, 1.807) is 20.8 Å². The number of esters is 2. The van der Waals surface area contributed by atoms with E-state index in [4.69, 9.17) is 14.2 Å². The second kappa shape index (κ2) is 6.32. The van der Waals surface area contributed by atoms with Crippen molar-refractivity contribution in [3.63, 3.8) is 0 Å². The van der Waals surface area contributed by atoms with Crippen molar-refractivity contribution in [1.82, 2.24) is 4.90 Å². The minimum atomic E-state index is -1.47. The summed E-state index contributed by atoms with van der Waals surface area (Å²) in [6.07, 6.45) is 0.217. The number of hydrogen-bond donors (Lipinski definition) is 0. The summed E-state index contributed by atoms with van der Waals surface area (Å²) in [5.41, 5.74) is -2.12. The molecule has 7 nitrogen and oxygen atoms in total. The van der Waals surface area contributed by atoms with Gasteiger partial charge in [-0.1, -0.05) is 0 Å². The highest BCUT2D eigenvalue weighted by Crippen LogP contribution is 2.33. The molecule has 120 valence electrons. The highest BCUT2D eigenvalue weighted by atomic mass is 16.6. The molecule has 1 fully saturated rings. The van der Waals surface area contributed by atoms with Crippen molar-refractivity contribution in [3.05, 3.63) is 0 Å². The fourth-order valence-electron chi connectivity index (χ4n) is 2.35. The number of nitrogens with zero attached hydrogens (tertiary/aromatic N) is 1. The van der Waals surface area contributed by atoms with Crippen molar-refractivity contribution in [2.24, 2.45) is 5.41 Å². The Morgan fingerprint density at radius 3 is 2.00 bits per heavy atom. The van der Waals surface area contributed by atoms with Crippen LogP contribution in [-0.4, -0.2) is 55.8 Å². The van der Waals surface area contributed by atoms with Gasteiger partial charge in [-0.25, -0.2) is 4.79 Å². The van der Waals surface area contributed by atoms with Crippen LogP contribution < -0.4 is 0 Å². The Balaban J connectivity index is 2.96. The summed E-state index contributed by atoms with van der Waals surface area (Å²) in [5.74, 6) is -1.38. The van der Waals surface area contributed by atoms with E-state index < -0.39 is 29.0 Å². The smallest absolute Gasteiger partial charge is 0.410 e. The van der Waals surface area contributed by atoms with Crippen molar-refractivity contribution < 1.29 is 28.6 Å². The van der Waals surface area contributed by atoms with Crippen LogP contribution >= 0.6 is 0 Å². The first kappa shape index (κ1) is 17.3. The SMILES string of the molecule is COC(=O)C1(C(=O)OC)CCCN(C(=O)OC(C)(C)C)C1. The topological polar surface area (TPSA) is 82.1 Å². The molecule has 0 aliphatic carbocycles. The third-order valence-electron chi connectivity index (χ3n) is 3.30. The molecule has 0 aromatic heterocycles. The molecule has 1 amide bonds. The van der Waals surface area contributed by atoms with Gasteiger partial charge in [-0.2, -0.15) is 0 Å². The van der Waals surface area contributed by atoms with Crippen molar-refractivity contribution >= 4 is 18.0 Å². The van der Waals surface area contributed by atoms with Crippen LogP contribution in [0, 0.1) is 5.41 Å². The molecule has 21 heavy (non-hydrogen) atoms. The second-order valence-corrected chi connectivity index (χ2v) is 6.07. The third kappa shape index (κ3) is 3.86. The molecule has 0 aromatic rings. The average molecular weight is 301 g/mol. The normalized spacial score (nSPS) is 17.9. The highest BCUT2D eigenvalue weighted by molar-refractivity contribution is 6.00. The van der Waals surface area contributed by atoms with E-state index in [-0.39, 0.29) is 13.0 Å². The molecule has 0 saturated carbocycles. The molecule has 1 aliphatic heterocycles. The van der Waals surface area contributed by atoms with Crippen LogP contribution in [0.1, 0.15) is 33.6 Å². The third-order valence-corrected chi connectivity index (χ3v) is 3.30. The Bertz CT molecular complexity index is 410. The summed E-state index contributed by atoms with van der Waals surface area (Å²) >= 11 is 0. The minimum absolute atomic E-state index is 0.0960. The van der Waals surface area contributed by atoms with E-state index in [0.717, 1.165) is 0 Å². The fourth-order valence-corrected chi connectivity index (χ4v) is 2.35. The van der Waals surface area contributed by atoms with Crippen molar-refractivity contribution in [2.75, 3.05) is 27.3 Å². The van der Waals surface area contributed by atoms with Crippen molar-refractivity contribution in [2.45, 2.75) is 39.2 Å². The van der Waals surface area contributed by atoms with E-state index in [1.165, 1.54) is 19.1 Å². The highest BCUT2D eigenvalue weighted by Gasteiger charge is 2.52. The van der Waals surface area contributed by atoms with Gasteiger partial charge in [-0.15, -0.1) is 0 Å². The molecule has 1 aliphatic rings. The molecule has 1 saturated heterocycles. The first-order chi connectivity index (χ1) is 9.66. The van der Waals surface area contributed by atoms with Gasteiger partial charge in [0.1, 0.15) is 5.60 Å². The standard InChI is InChI=1S/C14H23NO6/c1-13(2,3)21-12(18)15-8-6-7-14(9-15,10(16)19-4)11(17)20-5/h6-9H2,1-5H3. The molecule has 0 N–H and O–H groups in total. The first-order valence-corrected chi connectivity index (χ1v) is 6.81.